The van der Waals surface area contributed by atoms with Gasteiger partial charge in [0.2, 0.25) is 0 Å². The van der Waals surface area contributed by atoms with Gasteiger partial charge in [-0.2, -0.15) is 0 Å². The zero-order valence-corrected chi connectivity index (χ0v) is 12.0. The third kappa shape index (κ3) is 3.69. The number of likely N-dealkylation sites (N-methyl/N-ethyl adjacent to an activating group) is 1. The van der Waals surface area contributed by atoms with Gasteiger partial charge in [-0.05, 0) is 51.7 Å². The summed E-state index contributed by atoms with van der Waals surface area (Å²) in [5, 5.41) is 3.73. The van der Waals surface area contributed by atoms with Crippen molar-refractivity contribution in [3.63, 3.8) is 0 Å². The van der Waals surface area contributed by atoms with Gasteiger partial charge in [-0.1, -0.05) is 32.6 Å². The van der Waals surface area contributed by atoms with E-state index in [-0.39, 0.29) is 0 Å². The van der Waals surface area contributed by atoms with Gasteiger partial charge < -0.3 is 10.2 Å². The fourth-order valence-corrected chi connectivity index (χ4v) is 3.39. The lowest BCUT2D eigenvalue weighted by Gasteiger charge is -2.45. The lowest BCUT2D eigenvalue weighted by atomic mass is 9.75. The van der Waals surface area contributed by atoms with Crippen LogP contribution in [0.3, 0.4) is 0 Å². The smallest absolute Gasteiger partial charge is 0.0330 e. The Morgan fingerprint density at radius 3 is 2.59 bits per heavy atom. The molecule has 17 heavy (non-hydrogen) atoms. The highest BCUT2D eigenvalue weighted by Crippen LogP contribution is 2.35. The van der Waals surface area contributed by atoms with Crippen LogP contribution < -0.4 is 5.32 Å². The third-order valence-corrected chi connectivity index (χ3v) is 4.90. The Balaban J connectivity index is 1.77. The van der Waals surface area contributed by atoms with Gasteiger partial charge in [0, 0.05) is 12.1 Å². The Labute approximate surface area is 107 Å². The van der Waals surface area contributed by atoms with Crippen molar-refractivity contribution in [1.29, 1.82) is 0 Å². The van der Waals surface area contributed by atoms with Gasteiger partial charge in [-0.3, -0.25) is 0 Å². The molecule has 1 N–H and O–H groups in total. The lowest BCUT2D eigenvalue weighted by molar-refractivity contribution is 0.0753. The van der Waals surface area contributed by atoms with Crippen LogP contribution in [0.25, 0.3) is 0 Å². The van der Waals surface area contributed by atoms with Crippen molar-refractivity contribution in [2.45, 2.75) is 57.4 Å². The SMILES string of the molecule is CC1CCCC(CNCCC2CC2)(N(C)C)C1. The van der Waals surface area contributed by atoms with Crippen molar-refractivity contribution in [2.75, 3.05) is 27.2 Å². The van der Waals surface area contributed by atoms with Crippen molar-refractivity contribution >= 4 is 0 Å². The second-order valence-electron chi connectivity index (χ2n) is 6.73. The van der Waals surface area contributed by atoms with Gasteiger partial charge in [0.1, 0.15) is 0 Å². The molecule has 0 heterocycles. The summed E-state index contributed by atoms with van der Waals surface area (Å²) in [5.41, 5.74) is 0.432. The van der Waals surface area contributed by atoms with Crippen LogP contribution in [0.15, 0.2) is 0 Å². The molecule has 0 radical (unpaired) electrons. The molecule has 0 aliphatic heterocycles. The average Bonchev–Trinajstić information content (AvgIpc) is 3.08. The zero-order valence-electron chi connectivity index (χ0n) is 12.0. The maximum Gasteiger partial charge on any atom is 0.0330 e. The Hall–Kier alpha value is -0.0800. The first-order valence-electron chi connectivity index (χ1n) is 7.50. The minimum atomic E-state index is 0.432. The van der Waals surface area contributed by atoms with E-state index in [4.69, 9.17) is 0 Å². The number of hydrogen-bond donors (Lipinski definition) is 1. The predicted molar refractivity (Wildman–Crippen MR) is 74.3 cm³/mol. The molecule has 2 nitrogen and oxygen atoms in total. The van der Waals surface area contributed by atoms with Crippen LogP contribution in [-0.4, -0.2) is 37.6 Å². The van der Waals surface area contributed by atoms with Gasteiger partial charge in [0.05, 0.1) is 0 Å². The van der Waals surface area contributed by atoms with Gasteiger partial charge in [-0.25, -0.2) is 0 Å². The van der Waals surface area contributed by atoms with Gasteiger partial charge in [-0.15, -0.1) is 0 Å². The van der Waals surface area contributed by atoms with E-state index in [9.17, 15) is 0 Å². The second kappa shape index (κ2) is 5.71. The highest BCUT2D eigenvalue weighted by molar-refractivity contribution is 4.94. The van der Waals surface area contributed by atoms with Crippen LogP contribution in [-0.2, 0) is 0 Å². The highest BCUT2D eigenvalue weighted by Gasteiger charge is 2.36. The van der Waals surface area contributed by atoms with E-state index in [1.165, 1.54) is 58.0 Å². The fraction of sp³-hybridized carbons (Fsp3) is 1.00. The second-order valence-corrected chi connectivity index (χ2v) is 6.73. The van der Waals surface area contributed by atoms with Crippen LogP contribution in [0.5, 0.6) is 0 Å². The first-order chi connectivity index (χ1) is 8.12. The molecule has 2 fully saturated rings. The molecule has 0 aromatic rings. The van der Waals surface area contributed by atoms with E-state index in [1.54, 1.807) is 0 Å². The number of nitrogens with one attached hydrogen (secondary N) is 1. The Bertz CT molecular complexity index is 235. The molecule has 0 bridgehead atoms. The fourth-order valence-electron chi connectivity index (χ4n) is 3.39. The topological polar surface area (TPSA) is 15.3 Å². The monoisotopic (exact) mass is 238 g/mol. The van der Waals surface area contributed by atoms with Crippen LogP contribution in [0.2, 0.25) is 0 Å². The third-order valence-electron chi connectivity index (χ3n) is 4.90. The largest absolute Gasteiger partial charge is 0.315 e. The molecule has 2 unspecified atom stereocenters. The van der Waals surface area contributed by atoms with Crippen LogP contribution in [0.4, 0.5) is 0 Å². The summed E-state index contributed by atoms with van der Waals surface area (Å²) in [6.07, 6.45) is 9.95. The summed E-state index contributed by atoms with van der Waals surface area (Å²) in [6.45, 7) is 4.84. The molecule has 2 aliphatic carbocycles. The summed E-state index contributed by atoms with van der Waals surface area (Å²) in [5.74, 6) is 1.96. The van der Waals surface area contributed by atoms with Crippen LogP contribution in [0.1, 0.15) is 51.9 Å². The summed E-state index contributed by atoms with van der Waals surface area (Å²) in [6, 6.07) is 0. The summed E-state index contributed by atoms with van der Waals surface area (Å²) >= 11 is 0. The first kappa shape index (κ1) is 13.4. The van der Waals surface area contributed by atoms with Crippen molar-refractivity contribution in [1.82, 2.24) is 10.2 Å². The molecule has 2 aliphatic rings. The molecule has 0 aromatic heterocycles. The molecule has 0 saturated heterocycles. The van der Waals surface area contributed by atoms with E-state index >= 15 is 0 Å². The zero-order chi connectivity index (χ0) is 12.3. The molecule has 2 heteroatoms. The minimum Gasteiger partial charge on any atom is -0.315 e. The molecule has 0 amide bonds. The maximum atomic E-state index is 3.73. The van der Waals surface area contributed by atoms with Crippen molar-refractivity contribution in [3.8, 4) is 0 Å². The van der Waals surface area contributed by atoms with Crippen LogP contribution >= 0.6 is 0 Å². The standard InChI is InChI=1S/C15H30N2/c1-13-5-4-9-15(11-13,17(2)3)12-16-10-8-14-6-7-14/h13-14,16H,4-12H2,1-3H3. The molecule has 0 spiro atoms. The summed E-state index contributed by atoms with van der Waals surface area (Å²) in [7, 11) is 4.53. The predicted octanol–water partition coefficient (Wildman–Crippen LogP) is 2.89. The Kier molecular flexibility index (Phi) is 4.48. The molecule has 2 rings (SSSR count). The normalized spacial score (nSPS) is 34.2. The maximum absolute atomic E-state index is 3.73. The number of nitrogens with zero attached hydrogens (tertiary/aromatic N) is 1. The van der Waals surface area contributed by atoms with E-state index in [2.05, 4.69) is 31.2 Å². The highest BCUT2D eigenvalue weighted by atomic mass is 15.2. The lowest BCUT2D eigenvalue weighted by Crippen LogP contribution is -2.54. The molecule has 2 atom stereocenters. The van der Waals surface area contributed by atoms with E-state index in [1.807, 2.05) is 0 Å². The van der Waals surface area contributed by atoms with Gasteiger partial charge >= 0.3 is 0 Å². The molecule has 2 saturated carbocycles. The molecule has 0 aromatic carbocycles. The summed E-state index contributed by atoms with van der Waals surface area (Å²) in [4.78, 5) is 2.48. The first-order valence-corrected chi connectivity index (χ1v) is 7.50. The van der Waals surface area contributed by atoms with Crippen molar-refractivity contribution in [3.05, 3.63) is 0 Å². The molecular formula is C15H30N2. The number of hydrogen-bond acceptors (Lipinski definition) is 2. The molecular weight excluding hydrogens is 208 g/mol. The van der Waals surface area contributed by atoms with Gasteiger partial charge in [0.25, 0.3) is 0 Å². The average molecular weight is 238 g/mol. The summed E-state index contributed by atoms with van der Waals surface area (Å²) < 4.78 is 0. The van der Waals surface area contributed by atoms with E-state index in [0.717, 1.165) is 11.8 Å². The Morgan fingerprint density at radius 1 is 1.24 bits per heavy atom. The van der Waals surface area contributed by atoms with Crippen LogP contribution in [0, 0.1) is 11.8 Å². The number of rotatable bonds is 6. The van der Waals surface area contributed by atoms with E-state index < -0.39 is 0 Å². The minimum absolute atomic E-state index is 0.432. The Morgan fingerprint density at radius 2 is 2.00 bits per heavy atom. The van der Waals surface area contributed by atoms with Gasteiger partial charge in [0.15, 0.2) is 0 Å². The van der Waals surface area contributed by atoms with Crippen molar-refractivity contribution in [2.24, 2.45) is 11.8 Å². The molecule has 100 valence electrons. The quantitative estimate of drug-likeness (QED) is 0.716. The van der Waals surface area contributed by atoms with E-state index in [0.29, 0.717) is 5.54 Å². The van der Waals surface area contributed by atoms with Crippen molar-refractivity contribution < 1.29 is 0 Å².